The highest BCUT2D eigenvalue weighted by Gasteiger charge is 2.12. The van der Waals surface area contributed by atoms with E-state index in [1.54, 1.807) is 17.4 Å². The van der Waals surface area contributed by atoms with Gasteiger partial charge in [-0.2, -0.15) is 0 Å². The third-order valence-electron chi connectivity index (χ3n) is 3.08. The molecule has 3 rings (SSSR count). The van der Waals surface area contributed by atoms with E-state index >= 15 is 0 Å². The predicted octanol–water partition coefficient (Wildman–Crippen LogP) is 6.85. The van der Waals surface area contributed by atoms with Crippen molar-refractivity contribution in [2.24, 2.45) is 0 Å². The normalized spacial score (nSPS) is 10.9. The molecule has 2 aromatic carbocycles. The summed E-state index contributed by atoms with van der Waals surface area (Å²) in [5.41, 5.74) is 3.10. The van der Waals surface area contributed by atoms with E-state index in [1.165, 1.54) is 4.88 Å². The van der Waals surface area contributed by atoms with Crippen LogP contribution in [0.1, 0.15) is 4.88 Å². The smallest absolute Gasteiger partial charge is 0.124 e. The zero-order chi connectivity index (χ0) is 15.0. The Morgan fingerprint density at radius 1 is 0.952 bits per heavy atom. The van der Waals surface area contributed by atoms with Crippen molar-refractivity contribution in [3.8, 4) is 21.8 Å². The molecule has 0 amide bonds. The van der Waals surface area contributed by atoms with Crippen molar-refractivity contribution in [1.29, 1.82) is 0 Å². The minimum Gasteiger partial charge on any atom is -0.236 e. The first-order valence-electron chi connectivity index (χ1n) is 6.23. The molecule has 0 aliphatic carbocycles. The summed E-state index contributed by atoms with van der Waals surface area (Å²) < 4.78 is 1.06. The van der Waals surface area contributed by atoms with Crippen LogP contribution < -0.4 is 0 Å². The van der Waals surface area contributed by atoms with Crippen LogP contribution in [-0.2, 0) is 0 Å². The van der Waals surface area contributed by atoms with Gasteiger partial charge < -0.3 is 0 Å². The molecule has 3 aromatic rings. The lowest BCUT2D eigenvalue weighted by molar-refractivity contribution is 1.37. The summed E-state index contributed by atoms with van der Waals surface area (Å²) >= 11 is 17.2. The van der Waals surface area contributed by atoms with Gasteiger partial charge in [0.05, 0.1) is 15.7 Å². The largest absolute Gasteiger partial charge is 0.236 e. The van der Waals surface area contributed by atoms with Crippen LogP contribution in [0.15, 0.2) is 46.9 Å². The maximum Gasteiger partial charge on any atom is 0.124 e. The number of rotatable bonds is 2. The van der Waals surface area contributed by atoms with Crippen molar-refractivity contribution in [3.63, 3.8) is 0 Å². The van der Waals surface area contributed by atoms with Crippen LogP contribution in [0.4, 0.5) is 0 Å². The highest BCUT2D eigenvalue weighted by atomic mass is 79.9. The molecule has 0 aliphatic rings. The van der Waals surface area contributed by atoms with Crippen LogP contribution in [0.5, 0.6) is 0 Å². The van der Waals surface area contributed by atoms with Crippen molar-refractivity contribution in [1.82, 2.24) is 4.98 Å². The third-order valence-corrected chi connectivity index (χ3v) is 5.37. The van der Waals surface area contributed by atoms with Crippen LogP contribution in [0.3, 0.4) is 0 Å². The molecule has 0 unspecified atom stereocenters. The second-order valence-corrected chi connectivity index (χ2v) is 7.49. The number of benzene rings is 2. The summed E-state index contributed by atoms with van der Waals surface area (Å²) in [4.78, 5) is 5.93. The van der Waals surface area contributed by atoms with E-state index in [-0.39, 0.29) is 0 Å². The molecule has 0 bridgehead atoms. The average molecular weight is 399 g/mol. The fourth-order valence-electron chi connectivity index (χ4n) is 2.02. The summed E-state index contributed by atoms with van der Waals surface area (Å²) in [6.45, 7) is 2.08. The number of hydrogen-bond donors (Lipinski definition) is 0. The van der Waals surface area contributed by atoms with Crippen molar-refractivity contribution < 1.29 is 0 Å². The van der Waals surface area contributed by atoms with Crippen molar-refractivity contribution in [3.05, 3.63) is 61.9 Å². The Morgan fingerprint density at radius 2 is 1.62 bits per heavy atom. The zero-order valence-corrected chi connectivity index (χ0v) is 14.9. The Kier molecular flexibility index (Phi) is 4.36. The van der Waals surface area contributed by atoms with Gasteiger partial charge in [-0.15, -0.1) is 11.3 Å². The van der Waals surface area contributed by atoms with Gasteiger partial charge in [0.15, 0.2) is 0 Å². The van der Waals surface area contributed by atoms with E-state index in [0.29, 0.717) is 10.0 Å². The van der Waals surface area contributed by atoms with Crippen molar-refractivity contribution >= 4 is 50.5 Å². The highest BCUT2D eigenvalue weighted by molar-refractivity contribution is 9.10. The van der Waals surface area contributed by atoms with Crippen molar-refractivity contribution in [2.75, 3.05) is 0 Å². The van der Waals surface area contributed by atoms with Gasteiger partial charge in [0, 0.05) is 20.5 Å². The first-order valence-corrected chi connectivity index (χ1v) is 8.60. The van der Waals surface area contributed by atoms with Crippen LogP contribution in [0, 0.1) is 6.92 Å². The number of halogens is 3. The molecule has 0 N–H and O–H groups in total. The van der Waals surface area contributed by atoms with Gasteiger partial charge in [-0.05, 0) is 31.2 Å². The lowest BCUT2D eigenvalue weighted by Gasteiger charge is -2.00. The monoisotopic (exact) mass is 397 g/mol. The van der Waals surface area contributed by atoms with Gasteiger partial charge in [-0.3, -0.25) is 0 Å². The first kappa shape index (κ1) is 15.0. The molecule has 5 heteroatoms. The molecule has 106 valence electrons. The SMILES string of the molecule is Cc1sc(-c2ccc(Cl)c(Cl)c2)nc1-c1ccc(Br)cc1. The summed E-state index contributed by atoms with van der Waals surface area (Å²) in [7, 11) is 0. The van der Waals surface area contributed by atoms with E-state index < -0.39 is 0 Å². The van der Waals surface area contributed by atoms with E-state index in [0.717, 1.165) is 26.3 Å². The quantitative estimate of drug-likeness (QED) is 0.459. The van der Waals surface area contributed by atoms with E-state index in [4.69, 9.17) is 28.2 Å². The molecule has 0 fully saturated rings. The number of thiazole rings is 1. The minimum atomic E-state index is 0.548. The molecule has 0 saturated carbocycles. The number of aromatic nitrogens is 1. The van der Waals surface area contributed by atoms with E-state index in [1.807, 2.05) is 24.3 Å². The molecule has 0 saturated heterocycles. The Hall–Kier alpha value is -0.870. The molecule has 0 spiro atoms. The first-order chi connectivity index (χ1) is 10.0. The Labute approximate surface area is 145 Å². The summed E-state index contributed by atoms with van der Waals surface area (Å²) in [5, 5.41) is 2.05. The molecular formula is C16H10BrCl2NS. The second-order valence-electron chi connectivity index (χ2n) is 4.56. The van der Waals surface area contributed by atoms with Crippen molar-refractivity contribution in [2.45, 2.75) is 6.92 Å². The lowest BCUT2D eigenvalue weighted by atomic mass is 10.1. The van der Waals surface area contributed by atoms with Gasteiger partial charge in [0.25, 0.3) is 0 Å². The molecule has 0 radical (unpaired) electrons. The maximum absolute atomic E-state index is 6.08. The fourth-order valence-corrected chi connectivity index (χ4v) is 3.52. The Balaban J connectivity index is 2.04. The predicted molar refractivity (Wildman–Crippen MR) is 95.4 cm³/mol. The third kappa shape index (κ3) is 3.16. The number of hydrogen-bond acceptors (Lipinski definition) is 2. The van der Waals surface area contributed by atoms with Crippen LogP contribution in [0.25, 0.3) is 21.8 Å². The van der Waals surface area contributed by atoms with E-state index in [9.17, 15) is 0 Å². The summed E-state index contributed by atoms with van der Waals surface area (Å²) in [6.07, 6.45) is 0. The van der Waals surface area contributed by atoms with Gasteiger partial charge in [-0.25, -0.2) is 4.98 Å². The molecule has 1 aromatic heterocycles. The van der Waals surface area contributed by atoms with E-state index in [2.05, 4.69) is 35.0 Å². The Bertz CT molecular complexity index is 797. The maximum atomic E-state index is 6.08. The van der Waals surface area contributed by atoms with Gasteiger partial charge in [0.2, 0.25) is 0 Å². The lowest BCUT2D eigenvalue weighted by Crippen LogP contribution is -1.81. The molecular weight excluding hydrogens is 389 g/mol. The second kappa shape index (κ2) is 6.09. The van der Waals surface area contributed by atoms with Gasteiger partial charge >= 0.3 is 0 Å². The number of nitrogens with zero attached hydrogens (tertiary/aromatic N) is 1. The van der Waals surface area contributed by atoms with Crippen LogP contribution in [-0.4, -0.2) is 4.98 Å². The molecule has 0 atom stereocenters. The van der Waals surface area contributed by atoms with Gasteiger partial charge in [-0.1, -0.05) is 57.3 Å². The number of aryl methyl sites for hydroxylation is 1. The topological polar surface area (TPSA) is 12.9 Å². The molecule has 0 aliphatic heterocycles. The van der Waals surface area contributed by atoms with Gasteiger partial charge in [0.1, 0.15) is 5.01 Å². The average Bonchev–Trinajstić information content (AvgIpc) is 2.85. The molecule has 1 nitrogen and oxygen atoms in total. The molecule has 1 heterocycles. The summed E-state index contributed by atoms with van der Waals surface area (Å²) in [6, 6.07) is 13.8. The standard InChI is InChI=1S/C16H10BrCl2NS/c1-9-15(10-2-5-12(17)6-3-10)20-16(21-9)11-4-7-13(18)14(19)8-11/h2-8H,1H3. The fraction of sp³-hybridized carbons (Fsp3) is 0.0625. The zero-order valence-electron chi connectivity index (χ0n) is 11.0. The molecule has 21 heavy (non-hydrogen) atoms. The van der Waals surface area contributed by atoms with Crippen LogP contribution >= 0.6 is 50.5 Å². The highest BCUT2D eigenvalue weighted by Crippen LogP contribution is 2.35. The summed E-state index contributed by atoms with van der Waals surface area (Å²) in [5.74, 6) is 0. The van der Waals surface area contributed by atoms with Crippen LogP contribution in [0.2, 0.25) is 10.0 Å². The minimum absolute atomic E-state index is 0.548. The Morgan fingerprint density at radius 3 is 2.29 bits per heavy atom.